The molecule has 3 nitrogen and oxygen atoms in total. The van der Waals surface area contributed by atoms with Crippen LogP contribution in [0.3, 0.4) is 0 Å². The van der Waals surface area contributed by atoms with E-state index < -0.39 is 11.7 Å². The minimum Gasteiger partial charge on any atom is -0.375 e. The number of rotatable bonds is 2. The molecule has 1 atom stereocenters. The second-order valence-electron chi connectivity index (χ2n) is 3.01. The summed E-state index contributed by atoms with van der Waals surface area (Å²) in [6.07, 6.45) is 2.74. The van der Waals surface area contributed by atoms with Crippen LogP contribution in [0, 0.1) is 11.3 Å². The van der Waals surface area contributed by atoms with Crippen molar-refractivity contribution in [1.82, 2.24) is 0 Å². The van der Waals surface area contributed by atoms with Crippen LogP contribution >= 0.6 is 0 Å². The van der Waals surface area contributed by atoms with Gasteiger partial charge < -0.3 is 9.84 Å². The molecule has 0 spiro atoms. The van der Waals surface area contributed by atoms with E-state index in [1.54, 1.807) is 7.11 Å². The van der Waals surface area contributed by atoms with Gasteiger partial charge in [0.05, 0.1) is 6.07 Å². The number of hydrogen-bond acceptors (Lipinski definition) is 3. The molecule has 62 valence electrons. The maximum absolute atomic E-state index is 9.32. The van der Waals surface area contributed by atoms with E-state index in [0.717, 1.165) is 25.7 Å². The molecule has 1 N–H and O–H groups in total. The minimum atomic E-state index is -0.963. The Morgan fingerprint density at radius 2 is 2.09 bits per heavy atom. The standard InChI is InChI=1S/C8H13NO2/c1-11-8(7(10)6-9)4-2-3-5-8/h7,10H,2-5H2,1H3. The summed E-state index contributed by atoms with van der Waals surface area (Å²) in [5.41, 5.74) is -0.561. The summed E-state index contributed by atoms with van der Waals surface area (Å²) in [7, 11) is 1.56. The molecule has 1 fully saturated rings. The lowest BCUT2D eigenvalue weighted by Gasteiger charge is -2.28. The molecule has 0 aromatic carbocycles. The number of aliphatic hydroxyl groups is 1. The first-order valence-corrected chi connectivity index (χ1v) is 3.88. The van der Waals surface area contributed by atoms with Gasteiger partial charge in [-0.05, 0) is 12.8 Å². The summed E-state index contributed by atoms with van der Waals surface area (Å²) < 4.78 is 5.18. The molecule has 0 aliphatic heterocycles. The molecule has 1 rings (SSSR count). The summed E-state index contributed by atoms with van der Waals surface area (Å²) in [6, 6.07) is 1.83. The second-order valence-corrected chi connectivity index (χ2v) is 3.01. The topological polar surface area (TPSA) is 53.2 Å². The maximum Gasteiger partial charge on any atom is 0.169 e. The van der Waals surface area contributed by atoms with Crippen molar-refractivity contribution in [1.29, 1.82) is 5.26 Å². The van der Waals surface area contributed by atoms with Crippen LogP contribution in [0.1, 0.15) is 25.7 Å². The zero-order valence-electron chi connectivity index (χ0n) is 6.71. The van der Waals surface area contributed by atoms with Gasteiger partial charge >= 0.3 is 0 Å². The van der Waals surface area contributed by atoms with E-state index in [2.05, 4.69) is 0 Å². The van der Waals surface area contributed by atoms with E-state index in [0.29, 0.717) is 0 Å². The van der Waals surface area contributed by atoms with Crippen molar-refractivity contribution in [3.8, 4) is 6.07 Å². The molecule has 1 aliphatic rings. The highest BCUT2D eigenvalue weighted by atomic mass is 16.5. The number of aliphatic hydroxyl groups excluding tert-OH is 1. The van der Waals surface area contributed by atoms with E-state index in [1.165, 1.54) is 0 Å². The Labute approximate surface area is 66.6 Å². The molecule has 0 saturated heterocycles. The van der Waals surface area contributed by atoms with Crippen LogP contribution in [-0.2, 0) is 4.74 Å². The highest BCUT2D eigenvalue weighted by Gasteiger charge is 2.40. The van der Waals surface area contributed by atoms with Crippen molar-refractivity contribution in [2.75, 3.05) is 7.11 Å². The molecular formula is C8H13NO2. The van der Waals surface area contributed by atoms with Gasteiger partial charge in [0.25, 0.3) is 0 Å². The summed E-state index contributed by atoms with van der Waals surface area (Å²) in [6.45, 7) is 0. The summed E-state index contributed by atoms with van der Waals surface area (Å²) >= 11 is 0. The number of nitrogens with zero attached hydrogens (tertiary/aromatic N) is 1. The average Bonchev–Trinajstić information content (AvgIpc) is 2.52. The second kappa shape index (κ2) is 3.21. The van der Waals surface area contributed by atoms with Gasteiger partial charge in [-0.25, -0.2) is 0 Å². The van der Waals surface area contributed by atoms with Gasteiger partial charge in [0.2, 0.25) is 0 Å². The van der Waals surface area contributed by atoms with E-state index in [4.69, 9.17) is 10.00 Å². The zero-order valence-corrected chi connectivity index (χ0v) is 6.71. The van der Waals surface area contributed by atoms with Crippen LogP contribution in [0.5, 0.6) is 0 Å². The smallest absolute Gasteiger partial charge is 0.169 e. The van der Waals surface area contributed by atoms with Crippen LogP contribution < -0.4 is 0 Å². The fraction of sp³-hybridized carbons (Fsp3) is 0.875. The first kappa shape index (κ1) is 8.51. The Bertz CT molecular complexity index is 167. The van der Waals surface area contributed by atoms with Gasteiger partial charge in [-0.1, -0.05) is 12.8 Å². The third-order valence-corrected chi connectivity index (χ3v) is 2.48. The molecule has 0 bridgehead atoms. The van der Waals surface area contributed by atoms with Crippen molar-refractivity contribution in [2.24, 2.45) is 0 Å². The van der Waals surface area contributed by atoms with Crippen LogP contribution in [0.4, 0.5) is 0 Å². The third-order valence-electron chi connectivity index (χ3n) is 2.48. The lowest BCUT2D eigenvalue weighted by atomic mass is 9.95. The van der Waals surface area contributed by atoms with Crippen LogP contribution in [0.15, 0.2) is 0 Å². The van der Waals surface area contributed by atoms with E-state index in [9.17, 15) is 5.11 Å². The van der Waals surface area contributed by atoms with Crippen LogP contribution in [-0.4, -0.2) is 23.9 Å². The highest BCUT2D eigenvalue weighted by Crippen LogP contribution is 2.35. The Balaban J connectivity index is 2.68. The molecule has 1 aliphatic carbocycles. The lowest BCUT2D eigenvalue weighted by Crippen LogP contribution is -2.40. The molecule has 3 heteroatoms. The van der Waals surface area contributed by atoms with Crippen molar-refractivity contribution < 1.29 is 9.84 Å². The minimum absolute atomic E-state index is 0.561. The summed E-state index contributed by atoms with van der Waals surface area (Å²) in [4.78, 5) is 0. The maximum atomic E-state index is 9.32. The van der Waals surface area contributed by atoms with E-state index in [1.807, 2.05) is 6.07 Å². The molecular weight excluding hydrogens is 142 g/mol. The molecule has 0 aromatic heterocycles. The SMILES string of the molecule is COC1(C(O)C#N)CCCC1. The van der Waals surface area contributed by atoms with Crippen LogP contribution in [0.25, 0.3) is 0 Å². The Morgan fingerprint density at radius 3 is 2.45 bits per heavy atom. The number of methoxy groups -OCH3 is 1. The molecule has 0 aromatic rings. The van der Waals surface area contributed by atoms with Gasteiger partial charge in [0.1, 0.15) is 5.60 Å². The van der Waals surface area contributed by atoms with Gasteiger partial charge in [-0.2, -0.15) is 5.26 Å². The molecule has 11 heavy (non-hydrogen) atoms. The molecule has 0 amide bonds. The molecule has 1 unspecified atom stereocenters. The predicted octanol–water partition coefficient (Wildman–Crippen LogP) is 0.830. The average molecular weight is 155 g/mol. The highest BCUT2D eigenvalue weighted by molar-refractivity contribution is 5.02. The Kier molecular flexibility index (Phi) is 2.48. The number of hydrogen-bond donors (Lipinski definition) is 1. The summed E-state index contributed by atoms with van der Waals surface area (Å²) in [5, 5.41) is 17.8. The van der Waals surface area contributed by atoms with E-state index in [-0.39, 0.29) is 0 Å². The largest absolute Gasteiger partial charge is 0.375 e. The van der Waals surface area contributed by atoms with E-state index >= 15 is 0 Å². The van der Waals surface area contributed by atoms with Gasteiger partial charge in [0, 0.05) is 7.11 Å². The molecule has 0 heterocycles. The van der Waals surface area contributed by atoms with Gasteiger partial charge in [-0.3, -0.25) is 0 Å². The first-order valence-electron chi connectivity index (χ1n) is 3.88. The van der Waals surface area contributed by atoms with Crippen molar-refractivity contribution in [3.05, 3.63) is 0 Å². The van der Waals surface area contributed by atoms with Gasteiger partial charge in [-0.15, -0.1) is 0 Å². The Hall–Kier alpha value is -0.590. The fourth-order valence-electron chi connectivity index (χ4n) is 1.68. The summed E-state index contributed by atoms with van der Waals surface area (Å²) in [5.74, 6) is 0. The number of ether oxygens (including phenoxy) is 1. The predicted molar refractivity (Wildman–Crippen MR) is 39.8 cm³/mol. The number of nitriles is 1. The zero-order chi connectivity index (χ0) is 8.32. The monoisotopic (exact) mass is 155 g/mol. The van der Waals surface area contributed by atoms with Crippen molar-refractivity contribution >= 4 is 0 Å². The Morgan fingerprint density at radius 1 is 1.55 bits per heavy atom. The molecule has 0 radical (unpaired) electrons. The fourth-order valence-corrected chi connectivity index (χ4v) is 1.68. The molecule has 1 saturated carbocycles. The normalized spacial score (nSPS) is 24.5. The van der Waals surface area contributed by atoms with Crippen molar-refractivity contribution in [2.45, 2.75) is 37.4 Å². The van der Waals surface area contributed by atoms with Gasteiger partial charge in [0.15, 0.2) is 6.10 Å². The third kappa shape index (κ3) is 1.37. The first-order chi connectivity index (χ1) is 5.25. The quantitative estimate of drug-likeness (QED) is 0.601. The van der Waals surface area contributed by atoms with Crippen LogP contribution in [0.2, 0.25) is 0 Å². The van der Waals surface area contributed by atoms with Crippen molar-refractivity contribution in [3.63, 3.8) is 0 Å². The lowest BCUT2D eigenvalue weighted by molar-refractivity contribution is -0.0750.